The van der Waals surface area contributed by atoms with Crippen LogP contribution >= 0.6 is 0 Å². The summed E-state index contributed by atoms with van der Waals surface area (Å²) in [7, 11) is 0. The molecule has 0 saturated carbocycles. The van der Waals surface area contributed by atoms with E-state index in [1.165, 1.54) is 6.07 Å². The Labute approximate surface area is 119 Å². The van der Waals surface area contributed by atoms with Crippen LogP contribution in [-0.2, 0) is 4.74 Å². The molecule has 2 heterocycles. The maximum absolute atomic E-state index is 13.5. The van der Waals surface area contributed by atoms with E-state index in [2.05, 4.69) is 5.32 Å². The van der Waals surface area contributed by atoms with Gasteiger partial charge in [-0.2, -0.15) is 0 Å². The first-order valence-corrected chi connectivity index (χ1v) is 7.58. The van der Waals surface area contributed by atoms with Crippen LogP contribution < -0.4 is 5.32 Å². The van der Waals surface area contributed by atoms with Crippen molar-refractivity contribution in [1.29, 1.82) is 0 Å². The van der Waals surface area contributed by atoms with Gasteiger partial charge in [0.25, 0.3) is 0 Å². The molecule has 2 aliphatic heterocycles. The number of halogens is 1. The van der Waals surface area contributed by atoms with E-state index in [1.807, 2.05) is 6.07 Å². The van der Waals surface area contributed by atoms with Gasteiger partial charge in [-0.1, -0.05) is 0 Å². The number of anilines is 1. The lowest BCUT2D eigenvalue weighted by molar-refractivity contribution is -0.0388. The van der Waals surface area contributed by atoms with Gasteiger partial charge in [-0.15, -0.1) is 0 Å². The van der Waals surface area contributed by atoms with Gasteiger partial charge >= 0.3 is 0 Å². The van der Waals surface area contributed by atoms with E-state index < -0.39 is 0 Å². The molecule has 1 aromatic carbocycles. The fourth-order valence-electron chi connectivity index (χ4n) is 3.51. The highest BCUT2D eigenvalue weighted by molar-refractivity contribution is 5.56. The molecule has 0 aliphatic carbocycles. The summed E-state index contributed by atoms with van der Waals surface area (Å²) >= 11 is 0. The third-order valence-corrected chi connectivity index (χ3v) is 4.47. The normalized spacial score (nSPS) is 28.4. The van der Waals surface area contributed by atoms with Gasteiger partial charge in [0.15, 0.2) is 0 Å². The Hall–Kier alpha value is -1.13. The number of ether oxygens (including phenoxy) is 1. The second-order valence-electron chi connectivity index (χ2n) is 5.80. The van der Waals surface area contributed by atoms with Crippen molar-refractivity contribution in [3.05, 3.63) is 29.6 Å². The Morgan fingerprint density at radius 1 is 1.35 bits per heavy atom. The van der Waals surface area contributed by atoms with Crippen molar-refractivity contribution in [1.82, 2.24) is 0 Å². The molecule has 1 fully saturated rings. The summed E-state index contributed by atoms with van der Waals surface area (Å²) in [6, 6.07) is 5.29. The van der Waals surface area contributed by atoms with Crippen LogP contribution in [0.4, 0.5) is 10.1 Å². The second-order valence-corrected chi connectivity index (χ2v) is 5.80. The Kier molecular flexibility index (Phi) is 4.22. The number of hydrogen-bond donors (Lipinski definition) is 2. The molecule has 0 spiro atoms. The van der Waals surface area contributed by atoms with Gasteiger partial charge in [0.1, 0.15) is 5.82 Å². The number of aliphatic hydroxyl groups is 1. The highest BCUT2D eigenvalue weighted by atomic mass is 19.1. The summed E-state index contributed by atoms with van der Waals surface area (Å²) in [6.07, 6.45) is 5.10. The Bertz CT molecular complexity index is 466. The predicted octanol–water partition coefficient (Wildman–Crippen LogP) is 3.25. The summed E-state index contributed by atoms with van der Waals surface area (Å²) in [5.74, 6) is 0.217. The van der Waals surface area contributed by atoms with Gasteiger partial charge in [-0.25, -0.2) is 4.39 Å². The minimum atomic E-state index is -0.197. The van der Waals surface area contributed by atoms with Gasteiger partial charge in [-0.3, -0.25) is 0 Å². The molecule has 0 amide bonds. The summed E-state index contributed by atoms with van der Waals surface area (Å²) in [6.45, 7) is 1.01. The first-order chi connectivity index (χ1) is 9.79. The van der Waals surface area contributed by atoms with Crippen LogP contribution in [0, 0.1) is 11.7 Å². The summed E-state index contributed by atoms with van der Waals surface area (Å²) < 4.78 is 19.4. The standard InChI is InChI=1S/C16H22FNO2/c17-11-6-7-15-13(10-11)16-12(4-3-9-20-16)14(18-15)5-1-2-8-19/h6-7,10,12,14,16,18-19H,1-5,8-9H2/t12-,14-,16+/m0/s1. The average Bonchev–Trinajstić information content (AvgIpc) is 2.48. The smallest absolute Gasteiger partial charge is 0.123 e. The van der Waals surface area contributed by atoms with Gasteiger partial charge in [0, 0.05) is 36.4 Å². The van der Waals surface area contributed by atoms with Crippen molar-refractivity contribution in [3.8, 4) is 0 Å². The van der Waals surface area contributed by atoms with Crippen LogP contribution in [0.1, 0.15) is 43.8 Å². The van der Waals surface area contributed by atoms with Crippen LogP contribution in [0.15, 0.2) is 18.2 Å². The third-order valence-electron chi connectivity index (χ3n) is 4.47. The number of unbranched alkanes of at least 4 members (excludes halogenated alkanes) is 1. The maximum atomic E-state index is 13.5. The van der Waals surface area contributed by atoms with E-state index in [0.717, 1.165) is 50.0 Å². The highest BCUT2D eigenvalue weighted by Gasteiger charge is 2.38. The third kappa shape index (κ3) is 2.67. The predicted molar refractivity (Wildman–Crippen MR) is 76.2 cm³/mol. The lowest BCUT2D eigenvalue weighted by atomic mass is 9.78. The van der Waals surface area contributed by atoms with Crippen molar-refractivity contribution in [3.63, 3.8) is 0 Å². The number of nitrogens with one attached hydrogen (secondary N) is 1. The Morgan fingerprint density at radius 3 is 3.10 bits per heavy atom. The zero-order valence-corrected chi connectivity index (χ0v) is 11.6. The van der Waals surface area contributed by atoms with Crippen LogP contribution in [0.3, 0.4) is 0 Å². The van der Waals surface area contributed by atoms with E-state index in [0.29, 0.717) is 12.0 Å². The highest BCUT2D eigenvalue weighted by Crippen LogP contribution is 2.44. The molecule has 0 bridgehead atoms. The number of aliphatic hydroxyl groups excluding tert-OH is 1. The van der Waals surface area contributed by atoms with Crippen molar-refractivity contribution < 1.29 is 14.2 Å². The van der Waals surface area contributed by atoms with E-state index in [1.54, 1.807) is 6.07 Å². The fourth-order valence-corrected chi connectivity index (χ4v) is 3.51. The fraction of sp³-hybridized carbons (Fsp3) is 0.625. The molecule has 3 rings (SSSR count). The van der Waals surface area contributed by atoms with E-state index >= 15 is 0 Å². The van der Waals surface area contributed by atoms with E-state index in [-0.39, 0.29) is 18.5 Å². The van der Waals surface area contributed by atoms with Gasteiger partial charge in [0.05, 0.1) is 6.10 Å². The van der Waals surface area contributed by atoms with Gasteiger partial charge in [-0.05, 0) is 50.3 Å². The zero-order chi connectivity index (χ0) is 13.9. The average molecular weight is 279 g/mol. The molecule has 3 nitrogen and oxygen atoms in total. The van der Waals surface area contributed by atoms with Crippen molar-refractivity contribution in [2.24, 2.45) is 5.92 Å². The topological polar surface area (TPSA) is 41.5 Å². The second kappa shape index (κ2) is 6.10. The minimum absolute atomic E-state index is 0.0230. The molecule has 0 radical (unpaired) electrons. The maximum Gasteiger partial charge on any atom is 0.123 e. The van der Waals surface area contributed by atoms with Crippen molar-refractivity contribution in [2.45, 2.75) is 44.2 Å². The number of fused-ring (bicyclic) bond motifs is 3. The molecule has 0 unspecified atom stereocenters. The molecule has 110 valence electrons. The van der Waals surface area contributed by atoms with Crippen LogP contribution in [0.5, 0.6) is 0 Å². The van der Waals surface area contributed by atoms with E-state index in [4.69, 9.17) is 9.84 Å². The van der Waals surface area contributed by atoms with E-state index in [9.17, 15) is 4.39 Å². The van der Waals surface area contributed by atoms with Crippen LogP contribution in [0.25, 0.3) is 0 Å². The lowest BCUT2D eigenvalue weighted by Gasteiger charge is -2.43. The number of rotatable bonds is 4. The van der Waals surface area contributed by atoms with Crippen LogP contribution in [-0.4, -0.2) is 24.4 Å². The number of hydrogen-bond acceptors (Lipinski definition) is 3. The molecule has 4 heteroatoms. The van der Waals surface area contributed by atoms with Gasteiger partial charge in [0.2, 0.25) is 0 Å². The van der Waals surface area contributed by atoms with Crippen molar-refractivity contribution in [2.75, 3.05) is 18.5 Å². The monoisotopic (exact) mass is 279 g/mol. The summed E-state index contributed by atoms with van der Waals surface area (Å²) in [5.41, 5.74) is 1.97. The Morgan fingerprint density at radius 2 is 2.25 bits per heavy atom. The molecule has 1 saturated heterocycles. The Balaban J connectivity index is 1.83. The van der Waals surface area contributed by atoms with Crippen LogP contribution in [0.2, 0.25) is 0 Å². The molecule has 20 heavy (non-hydrogen) atoms. The lowest BCUT2D eigenvalue weighted by Crippen LogP contribution is -2.41. The molecular formula is C16H22FNO2. The largest absolute Gasteiger partial charge is 0.396 e. The molecule has 2 aliphatic rings. The summed E-state index contributed by atoms with van der Waals surface area (Å²) in [5, 5.41) is 12.5. The molecule has 0 aromatic heterocycles. The molecule has 1 aromatic rings. The van der Waals surface area contributed by atoms with Crippen molar-refractivity contribution >= 4 is 5.69 Å². The van der Waals surface area contributed by atoms with Gasteiger partial charge < -0.3 is 15.2 Å². The zero-order valence-electron chi connectivity index (χ0n) is 11.6. The first kappa shape index (κ1) is 13.8. The SMILES string of the molecule is OCCCC[C@@H]1Nc2ccc(F)cc2[C@@H]2OCCC[C@@H]12. The first-order valence-electron chi connectivity index (χ1n) is 7.58. The molecule has 3 atom stereocenters. The molecular weight excluding hydrogens is 257 g/mol. The minimum Gasteiger partial charge on any atom is -0.396 e. The summed E-state index contributed by atoms with van der Waals surface area (Å²) in [4.78, 5) is 0. The quantitative estimate of drug-likeness (QED) is 0.831. The number of benzene rings is 1. The molecule has 2 N–H and O–H groups in total.